The lowest BCUT2D eigenvalue weighted by atomic mass is 10.0. The average Bonchev–Trinajstić information content (AvgIpc) is 2.27. The summed E-state index contributed by atoms with van der Waals surface area (Å²) in [5, 5.41) is 17.6. The van der Waals surface area contributed by atoms with Crippen molar-refractivity contribution in [1.82, 2.24) is 4.72 Å². The maximum absolute atomic E-state index is 12.1. The van der Waals surface area contributed by atoms with Gasteiger partial charge in [-0.25, -0.2) is 17.9 Å². The van der Waals surface area contributed by atoms with Crippen molar-refractivity contribution >= 4 is 16.0 Å². The molecule has 0 unspecified atom stereocenters. The molecule has 0 fully saturated rings. The van der Waals surface area contributed by atoms with E-state index in [2.05, 4.69) is 4.72 Å². The predicted octanol–water partition coefficient (Wildman–Crippen LogP) is 0.824. The molecule has 0 spiro atoms. The minimum absolute atomic E-state index is 0.0106. The zero-order chi connectivity index (χ0) is 14.7. The molecule has 0 saturated heterocycles. The first kappa shape index (κ1) is 15.6. The van der Waals surface area contributed by atoms with Crippen LogP contribution in [0.15, 0.2) is 29.2 Å². The van der Waals surface area contributed by atoms with Gasteiger partial charge in [-0.1, -0.05) is 0 Å². The summed E-state index contributed by atoms with van der Waals surface area (Å²) in [4.78, 5) is 10.7. The molecule has 1 aromatic carbocycles. The summed E-state index contributed by atoms with van der Waals surface area (Å²) in [5.74, 6) is -1.11. The van der Waals surface area contributed by atoms with Crippen LogP contribution in [0.5, 0.6) is 0 Å². The summed E-state index contributed by atoms with van der Waals surface area (Å²) in [6.45, 7) is 3.19. The van der Waals surface area contributed by atoms with Gasteiger partial charge in [-0.3, -0.25) is 0 Å². The number of aliphatic hydroxyl groups excluding tert-OH is 1. The third-order valence-corrected chi connectivity index (χ3v) is 4.27. The van der Waals surface area contributed by atoms with Crippen LogP contribution >= 0.6 is 0 Å². The molecule has 0 bridgehead atoms. The molecule has 106 valence electrons. The third-order valence-electron chi connectivity index (χ3n) is 2.56. The monoisotopic (exact) mass is 287 g/mol. The van der Waals surface area contributed by atoms with Gasteiger partial charge in [0.2, 0.25) is 10.0 Å². The Bertz CT molecular complexity index is 548. The van der Waals surface area contributed by atoms with Gasteiger partial charge < -0.3 is 10.2 Å². The molecular formula is C12H17NO5S. The van der Waals surface area contributed by atoms with Crippen molar-refractivity contribution in [3.8, 4) is 0 Å². The van der Waals surface area contributed by atoms with Crippen LogP contribution in [0.1, 0.15) is 30.6 Å². The van der Waals surface area contributed by atoms with Crippen LogP contribution in [0.4, 0.5) is 0 Å². The number of nitrogens with one attached hydrogen (secondary N) is 1. The summed E-state index contributed by atoms with van der Waals surface area (Å²) >= 11 is 0. The number of sulfonamides is 1. The number of carboxylic acids is 1. The van der Waals surface area contributed by atoms with Gasteiger partial charge >= 0.3 is 5.97 Å². The average molecular weight is 287 g/mol. The van der Waals surface area contributed by atoms with E-state index in [-0.39, 0.29) is 23.5 Å². The first-order valence-electron chi connectivity index (χ1n) is 5.66. The fourth-order valence-electron chi connectivity index (χ4n) is 1.53. The van der Waals surface area contributed by atoms with E-state index in [1.807, 2.05) is 0 Å². The largest absolute Gasteiger partial charge is 0.478 e. The van der Waals surface area contributed by atoms with E-state index >= 15 is 0 Å². The molecule has 0 saturated carbocycles. The molecule has 0 radical (unpaired) electrons. The highest BCUT2D eigenvalue weighted by molar-refractivity contribution is 7.89. The second kappa shape index (κ2) is 5.68. The molecule has 3 N–H and O–H groups in total. The predicted molar refractivity (Wildman–Crippen MR) is 69.5 cm³/mol. The summed E-state index contributed by atoms with van der Waals surface area (Å²) in [6.07, 6.45) is 0.277. The van der Waals surface area contributed by atoms with E-state index in [4.69, 9.17) is 10.2 Å². The molecule has 7 heteroatoms. The molecule has 1 aromatic rings. The fraction of sp³-hybridized carbons (Fsp3) is 0.417. The quantitative estimate of drug-likeness (QED) is 0.718. The highest BCUT2D eigenvalue weighted by Crippen LogP contribution is 2.16. The standard InChI is InChI=1S/C12H17NO5S/c1-12(2,7-8-14)13-19(17,18)10-5-3-9(4-6-10)11(15)16/h3-6,13-14H,7-8H2,1-2H3,(H,15,16). The van der Waals surface area contributed by atoms with Crippen molar-refractivity contribution in [2.24, 2.45) is 0 Å². The van der Waals surface area contributed by atoms with Crippen LogP contribution in [0.3, 0.4) is 0 Å². The minimum Gasteiger partial charge on any atom is -0.478 e. The lowest BCUT2D eigenvalue weighted by Gasteiger charge is -2.24. The van der Waals surface area contributed by atoms with Gasteiger partial charge in [0.05, 0.1) is 10.5 Å². The molecule has 0 amide bonds. The van der Waals surface area contributed by atoms with Gasteiger partial charge in [0.1, 0.15) is 0 Å². The number of hydrogen-bond acceptors (Lipinski definition) is 4. The number of hydrogen-bond donors (Lipinski definition) is 3. The Morgan fingerprint density at radius 2 is 1.79 bits per heavy atom. The molecule has 0 aliphatic rings. The Morgan fingerprint density at radius 1 is 1.26 bits per heavy atom. The number of aliphatic hydroxyl groups is 1. The highest BCUT2D eigenvalue weighted by Gasteiger charge is 2.25. The van der Waals surface area contributed by atoms with Gasteiger partial charge in [0.25, 0.3) is 0 Å². The van der Waals surface area contributed by atoms with Crippen molar-refractivity contribution in [3.63, 3.8) is 0 Å². The molecular weight excluding hydrogens is 270 g/mol. The van der Waals surface area contributed by atoms with Crippen molar-refractivity contribution in [1.29, 1.82) is 0 Å². The number of aromatic carboxylic acids is 1. The topological polar surface area (TPSA) is 104 Å². The fourth-order valence-corrected chi connectivity index (χ4v) is 2.97. The maximum atomic E-state index is 12.1. The van der Waals surface area contributed by atoms with Gasteiger partial charge in [-0.15, -0.1) is 0 Å². The van der Waals surface area contributed by atoms with Gasteiger partial charge in [0.15, 0.2) is 0 Å². The second-order valence-electron chi connectivity index (χ2n) is 4.79. The number of carboxylic acid groups (broad SMARTS) is 1. The van der Waals surface area contributed by atoms with Crippen LogP contribution in [0, 0.1) is 0 Å². The normalized spacial score (nSPS) is 12.4. The lowest BCUT2D eigenvalue weighted by molar-refractivity contribution is 0.0696. The number of benzene rings is 1. The van der Waals surface area contributed by atoms with E-state index < -0.39 is 21.5 Å². The minimum atomic E-state index is -3.74. The molecule has 0 aromatic heterocycles. The molecule has 0 aliphatic carbocycles. The van der Waals surface area contributed by atoms with Gasteiger partial charge in [-0.2, -0.15) is 0 Å². The summed E-state index contributed by atoms with van der Waals surface area (Å²) in [7, 11) is -3.74. The Balaban J connectivity index is 2.98. The molecule has 0 heterocycles. The molecule has 6 nitrogen and oxygen atoms in total. The Kier molecular flexibility index (Phi) is 4.67. The van der Waals surface area contributed by atoms with Crippen LogP contribution < -0.4 is 4.72 Å². The summed E-state index contributed by atoms with van der Waals surface area (Å²) in [6, 6.07) is 4.94. The van der Waals surface area contributed by atoms with E-state index in [1.165, 1.54) is 24.3 Å². The second-order valence-corrected chi connectivity index (χ2v) is 6.47. The van der Waals surface area contributed by atoms with Gasteiger partial charge in [0, 0.05) is 12.1 Å². The van der Waals surface area contributed by atoms with E-state index in [0.29, 0.717) is 0 Å². The number of rotatable bonds is 6. The molecule has 0 atom stereocenters. The molecule has 0 aliphatic heterocycles. The SMILES string of the molecule is CC(C)(CCO)NS(=O)(=O)c1ccc(C(=O)O)cc1. The summed E-state index contributed by atoms with van der Waals surface area (Å²) < 4.78 is 26.6. The summed E-state index contributed by atoms with van der Waals surface area (Å²) in [5.41, 5.74) is -0.757. The van der Waals surface area contributed by atoms with Crippen LogP contribution in [-0.2, 0) is 10.0 Å². The van der Waals surface area contributed by atoms with Crippen LogP contribution in [-0.4, -0.2) is 36.7 Å². The van der Waals surface area contributed by atoms with E-state index in [0.717, 1.165) is 0 Å². The highest BCUT2D eigenvalue weighted by atomic mass is 32.2. The Morgan fingerprint density at radius 3 is 2.21 bits per heavy atom. The smallest absolute Gasteiger partial charge is 0.335 e. The van der Waals surface area contributed by atoms with Gasteiger partial charge in [-0.05, 0) is 44.5 Å². The van der Waals surface area contributed by atoms with Crippen molar-refractivity contribution in [3.05, 3.63) is 29.8 Å². The number of carbonyl (C=O) groups is 1. The molecule has 1 rings (SSSR count). The third kappa shape index (κ3) is 4.30. The van der Waals surface area contributed by atoms with Crippen LogP contribution in [0.25, 0.3) is 0 Å². The van der Waals surface area contributed by atoms with Crippen molar-refractivity contribution < 1.29 is 23.4 Å². The first-order chi connectivity index (χ1) is 8.68. The van der Waals surface area contributed by atoms with E-state index in [9.17, 15) is 13.2 Å². The maximum Gasteiger partial charge on any atom is 0.335 e. The molecule has 19 heavy (non-hydrogen) atoms. The van der Waals surface area contributed by atoms with E-state index in [1.54, 1.807) is 13.8 Å². The lowest BCUT2D eigenvalue weighted by Crippen LogP contribution is -2.43. The Labute approximate surface area is 112 Å². The first-order valence-corrected chi connectivity index (χ1v) is 7.14. The van der Waals surface area contributed by atoms with Crippen molar-refractivity contribution in [2.45, 2.75) is 30.7 Å². The zero-order valence-electron chi connectivity index (χ0n) is 10.8. The zero-order valence-corrected chi connectivity index (χ0v) is 11.6. The van der Waals surface area contributed by atoms with Crippen LogP contribution in [0.2, 0.25) is 0 Å². The van der Waals surface area contributed by atoms with Crippen molar-refractivity contribution in [2.75, 3.05) is 6.61 Å². The Hall–Kier alpha value is -1.44.